The highest BCUT2D eigenvalue weighted by atomic mass is 32.1. The number of aliphatic hydroxyl groups is 1. The lowest BCUT2D eigenvalue weighted by molar-refractivity contribution is -0.120. The van der Waals surface area contributed by atoms with Gasteiger partial charge in [0.25, 0.3) is 0 Å². The van der Waals surface area contributed by atoms with Crippen LogP contribution in [-0.2, 0) is 11.2 Å². The number of aryl methyl sites for hydroxylation is 1. The van der Waals surface area contributed by atoms with E-state index in [0.717, 1.165) is 16.3 Å². The lowest BCUT2D eigenvalue weighted by atomic mass is 10.1. The van der Waals surface area contributed by atoms with E-state index in [1.165, 1.54) is 11.3 Å². The molecule has 1 aromatic heterocycles. The Labute approximate surface area is 116 Å². The van der Waals surface area contributed by atoms with Crippen LogP contribution in [-0.4, -0.2) is 22.5 Å². The van der Waals surface area contributed by atoms with Crippen LogP contribution in [0.3, 0.4) is 0 Å². The van der Waals surface area contributed by atoms with Crippen LogP contribution in [0.15, 0.2) is 35.7 Å². The summed E-state index contributed by atoms with van der Waals surface area (Å²) in [6.07, 6.45) is -0.423. The average molecular weight is 276 g/mol. The molecule has 0 unspecified atom stereocenters. The van der Waals surface area contributed by atoms with Gasteiger partial charge in [0.05, 0.1) is 23.2 Å². The Kier molecular flexibility index (Phi) is 4.65. The van der Waals surface area contributed by atoms with Crippen molar-refractivity contribution in [3.8, 4) is 0 Å². The second kappa shape index (κ2) is 6.45. The highest BCUT2D eigenvalue weighted by Gasteiger charge is 2.10. The summed E-state index contributed by atoms with van der Waals surface area (Å²) >= 11 is 1.53. The van der Waals surface area contributed by atoms with E-state index in [-0.39, 0.29) is 18.9 Å². The topological polar surface area (TPSA) is 62.2 Å². The maximum Gasteiger partial charge on any atom is 0.226 e. The lowest BCUT2D eigenvalue weighted by Gasteiger charge is -2.11. The van der Waals surface area contributed by atoms with Crippen LogP contribution >= 0.6 is 11.3 Å². The van der Waals surface area contributed by atoms with E-state index in [0.29, 0.717) is 0 Å². The first-order valence-electron chi connectivity index (χ1n) is 6.06. The minimum atomic E-state index is -0.678. The molecule has 0 radical (unpaired) electrons. The molecule has 0 saturated carbocycles. The van der Waals surface area contributed by atoms with E-state index >= 15 is 0 Å². The fourth-order valence-electron chi connectivity index (χ4n) is 1.72. The molecule has 1 atom stereocenters. The summed E-state index contributed by atoms with van der Waals surface area (Å²) in [4.78, 5) is 15.9. The summed E-state index contributed by atoms with van der Waals surface area (Å²) in [5.41, 5.74) is 1.57. The molecule has 1 heterocycles. The number of hydrogen-bond donors (Lipinski definition) is 2. The molecule has 5 heteroatoms. The van der Waals surface area contributed by atoms with Crippen molar-refractivity contribution in [3.05, 3.63) is 52.0 Å². The quantitative estimate of drug-likeness (QED) is 0.876. The standard InChI is InChI=1S/C14H16N2O2S/c1-10-16-12(9-19-10)7-14(18)15-8-13(17)11-5-3-2-4-6-11/h2-6,9,13,17H,7-8H2,1H3,(H,15,18)/t13-/m1/s1. The van der Waals surface area contributed by atoms with Crippen molar-refractivity contribution in [2.75, 3.05) is 6.54 Å². The zero-order chi connectivity index (χ0) is 13.7. The van der Waals surface area contributed by atoms with E-state index in [1.807, 2.05) is 42.6 Å². The Balaban J connectivity index is 1.80. The van der Waals surface area contributed by atoms with Gasteiger partial charge < -0.3 is 10.4 Å². The first-order chi connectivity index (χ1) is 9.15. The number of nitrogens with one attached hydrogen (secondary N) is 1. The SMILES string of the molecule is Cc1nc(CC(=O)NC[C@@H](O)c2ccccc2)cs1. The summed E-state index contributed by atoms with van der Waals surface area (Å²) in [5, 5.41) is 15.5. The Morgan fingerprint density at radius 2 is 2.16 bits per heavy atom. The average Bonchev–Trinajstić information content (AvgIpc) is 2.82. The van der Waals surface area contributed by atoms with Gasteiger partial charge in [-0.05, 0) is 12.5 Å². The number of carbonyl (C=O) groups excluding carboxylic acids is 1. The van der Waals surface area contributed by atoms with Crippen LogP contribution < -0.4 is 5.32 Å². The zero-order valence-electron chi connectivity index (χ0n) is 10.7. The van der Waals surface area contributed by atoms with Crippen molar-refractivity contribution in [1.82, 2.24) is 10.3 Å². The molecule has 0 saturated heterocycles. The van der Waals surface area contributed by atoms with Crippen molar-refractivity contribution in [3.63, 3.8) is 0 Å². The fourth-order valence-corrected chi connectivity index (χ4v) is 2.33. The molecule has 0 aliphatic carbocycles. The third kappa shape index (κ3) is 4.15. The first-order valence-corrected chi connectivity index (χ1v) is 6.94. The van der Waals surface area contributed by atoms with Crippen LogP contribution in [0.5, 0.6) is 0 Å². The Hall–Kier alpha value is -1.72. The summed E-state index contributed by atoms with van der Waals surface area (Å²) in [6, 6.07) is 9.28. The monoisotopic (exact) mass is 276 g/mol. The molecule has 2 aromatic rings. The predicted molar refractivity (Wildman–Crippen MR) is 75.0 cm³/mol. The van der Waals surface area contributed by atoms with E-state index in [1.54, 1.807) is 0 Å². The highest BCUT2D eigenvalue weighted by Crippen LogP contribution is 2.11. The third-order valence-electron chi connectivity index (χ3n) is 2.69. The normalized spacial score (nSPS) is 12.1. The molecule has 0 fully saturated rings. The molecular weight excluding hydrogens is 260 g/mol. The number of thiazole rings is 1. The van der Waals surface area contributed by atoms with Gasteiger partial charge in [0.15, 0.2) is 0 Å². The van der Waals surface area contributed by atoms with Crippen molar-refractivity contribution in [2.24, 2.45) is 0 Å². The number of aliphatic hydroxyl groups excluding tert-OH is 1. The van der Waals surface area contributed by atoms with Gasteiger partial charge in [-0.25, -0.2) is 4.98 Å². The molecule has 0 aliphatic heterocycles. The Morgan fingerprint density at radius 3 is 2.79 bits per heavy atom. The van der Waals surface area contributed by atoms with Crippen molar-refractivity contribution in [2.45, 2.75) is 19.4 Å². The van der Waals surface area contributed by atoms with Gasteiger partial charge in [-0.3, -0.25) is 4.79 Å². The number of rotatable bonds is 5. The first kappa shape index (κ1) is 13.7. The van der Waals surface area contributed by atoms with E-state index < -0.39 is 6.10 Å². The molecule has 0 spiro atoms. The van der Waals surface area contributed by atoms with Crippen molar-refractivity contribution >= 4 is 17.2 Å². The van der Waals surface area contributed by atoms with Gasteiger partial charge >= 0.3 is 0 Å². The molecular formula is C14H16N2O2S. The van der Waals surface area contributed by atoms with Crippen LogP contribution in [0.4, 0.5) is 0 Å². The second-order valence-corrected chi connectivity index (χ2v) is 5.33. The smallest absolute Gasteiger partial charge is 0.226 e. The van der Waals surface area contributed by atoms with Crippen molar-refractivity contribution in [1.29, 1.82) is 0 Å². The molecule has 2 rings (SSSR count). The Morgan fingerprint density at radius 1 is 1.42 bits per heavy atom. The predicted octanol–water partition coefficient (Wildman–Crippen LogP) is 1.84. The maximum absolute atomic E-state index is 11.7. The van der Waals surface area contributed by atoms with Gasteiger partial charge in [-0.1, -0.05) is 30.3 Å². The molecule has 1 aromatic carbocycles. The fraction of sp³-hybridized carbons (Fsp3) is 0.286. The number of carbonyl (C=O) groups is 1. The summed E-state index contributed by atoms with van der Waals surface area (Å²) in [5.74, 6) is -0.125. The minimum Gasteiger partial charge on any atom is -0.387 e. The molecule has 4 nitrogen and oxygen atoms in total. The van der Waals surface area contributed by atoms with Gasteiger partial charge in [0.1, 0.15) is 0 Å². The van der Waals surface area contributed by atoms with E-state index in [2.05, 4.69) is 10.3 Å². The maximum atomic E-state index is 11.7. The highest BCUT2D eigenvalue weighted by molar-refractivity contribution is 7.09. The van der Waals surface area contributed by atoms with Gasteiger partial charge in [-0.2, -0.15) is 0 Å². The van der Waals surface area contributed by atoms with Gasteiger partial charge in [0, 0.05) is 11.9 Å². The number of benzene rings is 1. The summed E-state index contributed by atoms with van der Waals surface area (Å²) in [7, 11) is 0. The summed E-state index contributed by atoms with van der Waals surface area (Å²) in [6.45, 7) is 2.12. The molecule has 2 N–H and O–H groups in total. The van der Waals surface area contributed by atoms with Gasteiger partial charge in [-0.15, -0.1) is 11.3 Å². The molecule has 19 heavy (non-hydrogen) atoms. The minimum absolute atomic E-state index is 0.125. The van der Waals surface area contributed by atoms with Crippen LogP contribution in [0, 0.1) is 6.92 Å². The molecule has 0 aliphatic rings. The summed E-state index contributed by atoms with van der Waals surface area (Å²) < 4.78 is 0. The van der Waals surface area contributed by atoms with E-state index in [4.69, 9.17) is 0 Å². The number of amides is 1. The van der Waals surface area contributed by atoms with Gasteiger partial charge in [0.2, 0.25) is 5.91 Å². The largest absolute Gasteiger partial charge is 0.387 e. The zero-order valence-corrected chi connectivity index (χ0v) is 11.5. The van der Waals surface area contributed by atoms with Crippen LogP contribution in [0.1, 0.15) is 22.4 Å². The second-order valence-electron chi connectivity index (χ2n) is 4.27. The molecule has 0 bridgehead atoms. The number of aromatic nitrogens is 1. The molecule has 100 valence electrons. The lowest BCUT2D eigenvalue weighted by Crippen LogP contribution is -2.29. The van der Waals surface area contributed by atoms with Crippen LogP contribution in [0.2, 0.25) is 0 Å². The third-order valence-corrected chi connectivity index (χ3v) is 3.51. The number of nitrogens with zero attached hydrogens (tertiary/aromatic N) is 1. The Bertz CT molecular complexity index is 539. The van der Waals surface area contributed by atoms with Crippen LogP contribution in [0.25, 0.3) is 0 Å². The molecule has 1 amide bonds. The number of hydrogen-bond acceptors (Lipinski definition) is 4. The van der Waals surface area contributed by atoms with Crippen molar-refractivity contribution < 1.29 is 9.90 Å². The van der Waals surface area contributed by atoms with E-state index in [9.17, 15) is 9.90 Å².